The second-order valence-corrected chi connectivity index (χ2v) is 4.77. The molecule has 0 atom stereocenters. The van der Waals surface area contributed by atoms with Gasteiger partial charge in [-0.15, -0.1) is 0 Å². The van der Waals surface area contributed by atoms with Crippen molar-refractivity contribution in [1.29, 1.82) is 0 Å². The topological polar surface area (TPSA) is 28.2 Å². The Balaban J connectivity index is 2.06. The molecule has 0 radical (unpaired) electrons. The SMILES string of the molecule is CNCc1ccc(N(C)CC2CC2)nc1C. The second kappa shape index (κ2) is 4.83. The molecule has 0 spiro atoms. The Labute approximate surface area is 97.9 Å². The first-order chi connectivity index (χ1) is 7.70. The van der Waals surface area contributed by atoms with Crippen LogP contribution in [0, 0.1) is 12.8 Å². The predicted molar refractivity (Wildman–Crippen MR) is 67.7 cm³/mol. The molecular formula is C13H21N3. The van der Waals surface area contributed by atoms with Crippen LogP contribution in [0.2, 0.25) is 0 Å². The molecule has 3 heteroatoms. The first-order valence-corrected chi connectivity index (χ1v) is 6.03. The molecule has 2 rings (SSSR count). The average Bonchev–Trinajstić information content (AvgIpc) is 3.05. The van der Waals surface area contributed by atoms with E-state index in [1.54, 1.807) is 0 Å². The minimum Gasteiger partial charge on any atom is -0.359 e. The quantitative estimate of drug-likeness (QED) is 0.820. The van der Waals surface area contributed by atoms with Gasteiger partial charge in [0.25, 0.3) is 0 Å². The monoisotopic (exact) mass is 219 g/mol. The zero-order valence-electron chi connectivity index (χ0n) is 10.5. The number of nitrogens with zero attached hydrogens (tertiary/aromatic N) is 2. The average molecular weight is 219 g/mol. The summed E-state index contributed by atoms with van der Waals surface area (Å²) in [5.74, 6) is 2.01. The van der Waals surface area contributed by atoms with Crippen molar-refractivity contribution in [2.24, 2.45) is 5.92 Å². The van der Waals surface area contributed by atoms with Crippen LogP contribution in [-0.4, -0.2) is 25.6 Å². The molecule has 0 aromatic carbocycles. The molecule has 0 amide bonds. The van der Waals surface area contributed by atoms with Crippen LogP contribution in [0.4, 0.5) is 5.82 Å². The molecule has 0 unspecified atom stereocenters. The molecule has 3 nitrogen and oxygen atoms in total. The maximum Gasteiger partial charge on any atom is 0.128 e. The zero-order valence-corrected chi connectivity index (χ0v) is 10.5. The van der Waals surface area contributed by atoms with Crippen molar-refractivity contribution in [3.05, 3.63) is 23.4 Å². The highest BCUT2D eigenvalue weighted by atomic mass is 15.2. The van der Waals surface area contributed by atoms with Gasteiger partial charge < -0.3 is 10.2 Å². The summed E-state index contributed by atoms with van der Waals surface area (Å²) in [4.78, 5) is 6.93. The molecule has 1 aliphatic rings. The van der Waals surface area contributed by atoms with E-state index >= 15 is 0 Å². The lowest BCUT2D eigenvalue weighted by molar-refractivity contribution is 0.768. The first-order valence-electron chi connectivity index (χ1n) is 6.03. The highest BCUT2D eigenvalue weighted by molar-refractivity contribution is 5.41. The van der Waals surface area contributed by atoms with Gasteiger partial charge in [-0.25, -0.2) is 4.98 Å². The smallest absolute Gasteiger partial charge is 0.128 e. The normalized spacial score (nSPS) is 15.2. The lowest BCUT2D eigenvalue weighted by atomic mass is 10.2. The number of rotatable bonds is 5. The molecule has 1 N–H and O–H groups in total. The highest BCUT2D eigenvalue weighted by Gasteiger charge is 2.23. The minimum absolute atomic E-state index is 0.894. The van der Waals surface area contributed by atoms with Crippen molar-refractivity contribution < 1.29 is 0 Å². The molecule has 1 fully saturated rings. The Morgan fingerprint density at radius 1 is 1.44 bits per heavy atom. The fourth-order valence-electron chi connectivity index (χ4n) is 1.95. The summed E-state index contributed by atoms with van der Waals surface area (Å²) in [6.45, 7) is 4.13. The van der Waals surface area contributed by atoms with Crippen molar-refractivity contribution in [2.45, 2.75) is 26.3 Å². The first kappa shape index (κ1) is 11.4. The molecule has 16 heavy (non-hydrogen) atoms. The van der Waals surface area contributed by atoms with Crippen molar-refractivity contribution in [3.8, 4) is 0 Å². The molecule has 0 aliphatic heterocycles. The van der Waals surface area contributed by atoms with E-state index in [2.05, 4.69) is 41.3 Å². The zero-order chi connectivity index (χ0) is 11.5. The summed E-state index contributed by atoms with van der Waals surface area (Å²) in [5, 5.41) is 3.16. The Morgan fingerprint density at radius 2 is 2.19 bits per heavy atom. The van der Waals surface area contributed by atoms with Gasteiger partial charge in [0.2, 0.25) is 0 Å². The minimum atomic E-state index is 0.894. The summed E-state index contributed by atoms with van der Waals surface area (Å²) in [5.41, 5.74) is 2.42. The summed E-state index contributed by atoms with van der Waals surface area (Å²) < 4.78 is 0. The van der Waals surface area contributed by atoms with Gasteiger partial charge in [0.05, 0.1) is 0 Å². The fourth-order valence-corrected chi connectivity index (χ4v) is 1.95. The third-order valence-electron chi connectivity index (χ3n) is 3.17. The van der Waals surface area contributed by atoms with E-state index < -0.39 is 0 Å². The van der Waals surface area contributed by atoms with Gasteiger partial charge in [-0.3, -0.25) is 0 Å². The number of nitrogens with one attached hydrogen (secondary N) is 1. The van der Waals surface area contributed by atoms with Gasteiger partial charge in [0.1, 0.15) is 5.82 Å². The Bertz CT molecular complexity index is 358. The molecule has 1 saturated carbocycles. The lowest BCUT2D eigenvalue weighted by Gasteiger charge is -2.19. The lowest BCUT2D eigenvalue weighted by Crippen LogP contribution is -2.21. The third kappa shape index (κ3) is 2.73. The molecule has 1 aromatic heterocycles. The van der Waals surface area contributed by atoms with E-state index in [1.807, 2.05) is 7.05 Å². The summed E-state index contributed by atoms with van der Waals surface area (Å²) in [6.07, 6.45) is 2.78. The number of hydrogen-bond acceptors (Lipinski definition) is 3. The van der Waals surface area contributed by atoms with E-state index in [0.29, 0.717) is 0 Å². The maximum absolute atomic E-state index is 4.66. The van der Waals surface area contributed by atoms with Crippen LogP contribution in [0.3, 0.4) is 0 Å². The van der Waals surface area contributed by atoms with Crippen molar-refractivity contribution in [1.82, 2.24) is 10.3 Å². The van der Waals surface area contributed by atoms with Gasteiger partial charge >= 0.3 is 0 Å². The van der Waals surface area contributed by atoms with Crippen LogP contribution in [0.15, 0.2) is 12.1 Å². The van der Waals surface area contributed by atoms with Crippen LogP contribution in [-0.2, 0) is 6.54 Å². The van der Waals surface area contributed by atoms with E-state index in [4.69, 9.17) is 0 Å². The van der Waals surface area contributed by atoms with E-state index in [9.17, 15) is 0 Å². The van der Waals surface area contributed by atoms with Crippen LogP contribution in [0.25, 0.3) is 0 Å². The van der Waals surface area contributed by atoms with Gasteiger partial charge in [-0.1, -0.05) is 6.07 Å². The number of aromatic nitrogens is 1. The predicted octanol–water partition coefficient (Wildman–Crippen LogP) is 1.96. The molecule has 0 saturated heterocycles. The van der Waals surface area contributed by atoms with Crippen molar-refractivity contribution >= 4 is 5.82 Å². The van der Waals surface area contributed by atoms with E-state index in [-0.39, 0.29) is 0 Å². The van der Waals surface area contributed by atoms with Gasteiger partial charge in [-0.2, -0.15) is 0 Å². The van der Waals surface area contributed by atoms with Crippen LogP contribution in [0.5, 0.6) is 0 Å². The second-order valence-electron chi connectivity index (χ2n) is 4.77. The van der Waals surface area contributed by atoms with E-state index in [1.165, 1.54) is 18.4 Å². The third-order valence-corrected chi connectivity index (χ3v) is 3.17. The maximum atomic E-state index is 4.66. The van der Waals surface area contributed by atoms with Gasteiger partial charge in [-0.05, 0) is 44.4 Å². The Morgan fingerprint density at radius 3 is 2.75 bits per heavy atom. The molecule has 88 valence electrons. The summed E-state index contributed by atoms with van der Waals surface area (Å²) in [6, 6.07) is 4.31. The molecular weight excluding hydrogens is 198 g/mol. The van der Waals surface area contributed by atoms with Crippen LogP contribution >= 0.6 is 0 Å². The number of pyridine rings is 1. The standard InChI is InChI=1S/C13H21N3/c1-10-12(8-14-2)6-7-13(15-10)16(3)9-11-4-5-11/h6-7,11,14H,4-5,8-9H2,1-3H3. The molecule has 1 heterocycles. The Hall–Kier alpha value is -1.09. The fraction of sp³-hybridized carbons (Fsp3) is 0.615. The van der Waals surface area contributed by atoms with Crippen molar-refractivity contribution in [3.63, 3.8) is 0 Å². The van der Waals surface area contributed by atoms with Crippen LogP contribution in [0.1, 0.15) is 24.1 Å². The summed E-state index contributed by atoms with van der Waals surface area (Å²) >= 11 is 0. The molecule has 1 aliphatic carbocycles. The number of aryl methyl sites for hydroxylation is 1. The highest BCUT2D eigenvalue weighted by Crippen LogP contribution is 2.30. The largest absolute Gasteiger partial charge is 0.359 e. The molecule has 1 aromatic rings. The summed E-state index contributed by atoms with van der Waals surface area (Å²) in [7, 11) is 4.10. The van der Waals surface area contributed by atoms with Crippen molar-refractivity contribution in [2.75, 3.05) is 25.5 Å². The van der Waals surface area contributed by atoms with Gasteiger partial charge in [0.15, 0.2) is 0 Å². The molecule has 0 bridgehead atoms. The number of anilines is 1. The van der Waals surface area contributed by atoms with E-state index in [0.717, 1.165) is 30.5 Å². The number of hydrogen-bond donors (Lipinski definition) is 1. The van der Waals surface area contributed by atoms with Gasteiger partial charge in [0, 0.05) is 25.8 Å². The Kier molecular flexibility index (Phi) is 3.44. The van der Waals surface area contributed by atoms with Crippen LogP contribution < -0.4 is 10.2 Å².